The van der Waals surface area contributed by atoms with Crippen molar-refractivity contribution in [1.82, 2.24) is 0 Å². The number of allylic oxidation sites excluding steroid dienone is 1. The Bertz CT molecular complexity index is 365. The van der Waals surface area contributed by atoms with Crippen molar-refractivity contribution < 1.29 is 19.1 Å². The summed E-state index contributed by atoms with van der Waals surface area (Å²) in [7, 11) is 0. The fourth-order valence-corrected chi connectivity index (χ4v) is 1.33. The summed E-state index contributed by atoms with van der Waals surface area (Å²) in [5, 5.41) is 8.77. The third-order valence-corrected chi connectivity index (χ3v) is 2.10. The monoisotopic (exact) mass is 224 g/mol. The molecule has 0 unspecified atom stereocenters. The molecule has 0 atom stereocenters. The molecule has 1 heterocycles. The van der Waals surface area contributed by atoms with Gasteiger partial charge in [0.05, 0.1) is 0 Å². The number of carboxylic acid groups (broad SMARTS) is 1. The summed E-state index contributed by atoms with van der Waals surface area (Å²) >= 11 is 0. The number of furan rings is 1. The van der Waals surface area contributed by atoms with Gasteiger partial charge in [0.15, 0.2) is 0 Å². The quantitative estimate of drug-likeness (QED) is 0.571. The third-order valence-electron chi connectivity index (χ3n) is 2.10. The zero-order valence-corrected chi connectivity index (χ0v) is 9.36. The average Bonchev–Trinajstić information content (AvgIpc) is 2.59. The van der Waals surface area contributed by atoms with Gasteiger partial charge in [0.1, 0.15) is 12.4 Å². The lowest BCUT2D eigenvalue weighted by atomic mass is 10.3. The molecule has 4 heteroatoms. The Balaban J connectivity index is 2.40. The first-order valence-corrected chi connectivity index (χ1v) is 5.16. The van der Waals surface area contributed by atoms with Crippen LogP contribution in [-0.4, -0.2) is 17.7 Å². The van der Waals surface area contributed by atoms with Gasteiger partial charge in [0.25, 0.3) is 0 Å². The minimum absolute atomic E-state index is 0.00954. The highest BCUT2D eigenvalue weighted by Crippen LogP contribution is 2.15. The Labute approximate surface area is 94.5 Å². The van der Waals surface area contributed by atoms with E-state index in [4.69, 9.17) is 14.3 Å². The van der Waals surface area contributed by atoms with Gasteiger partial charge in [-0.25, -0.2) is 4.79 Å². The number of carbonyl (C=O) groups is 1. The van der Waals surface area contributed by atoms with Crippen LogP contribution in [0.2, 0.25) is 0 Å². The van der Waals surface area contributed by atoms with E-state index in [1.807, 2.05) is 6.08 Å². The third kappa shape index (κ3) is 3.55. The van der Waals surface area contributed by atoms with Gasteiger partial charge < -0.3 is 14.3 Å². The summed E-state index contributed by atoms with van der Waals surface area (Å²) < 4.78 is 10.5. The largest absolute Gasteiger partial charge is 0.475 e. The van der Waals surface area contributed by atoms with E-state index in [0.29, 0.717) is 24.5 Å². The van der Waals surface area contributed by atoms with E-state index in [-0.39, 0.29) is 5.76 Å². The van der Waals surface area contributed by atoms with Gasteiger partial charge in [-0.05, 0) is 25.8 Å². The van der Waals surface area contributed by atoms with Crippen LogP contribution in [-0.2, 0) is 11.3 Å². The van der Waals surface area contributed by atoms with E-state index in [0.717, 1.165) is 12.8 Å². The van der Waals surface area contributed by atoms with Crippen molar-refractivity contribution in [2.45, 2.75) is 26.4 Å². The van der Waals surface area contributed by atoms with Gasteiger partial charge >= 0.3 is 5.97 Å². The predicted molar refractivity (Wildman–Crippen MR) is 59.5 cm³/mol. The lowest BCUT2D eigenvalue weighted by molar-refractivity contribution is 0.0646. The Morgan fingerprint density at radius 3 is 3.00 bits per heavy atom. The van der Waals surface area contributed by atoms with Gasteiger partial charge in [0, 0.05) is 12.2 Å². The highest BCUT2D eigenvalue weighted by molar-refractivity contribution is 5.86. The SMILES string of the molecule is C=CCCCOCc1cc(C)c(C(=O)O)o1. The normalized spacial score (nSPS) is 10.3. The average molecular weight is 224 g/mol. The van der Waals surface area contributed by atoms with Crippen molar-refractivity contribution in [2.75, 3.05) is 6.61 Å². The van der Waals surface area contributed by atoms with Crippen molar-refractivity contribution in [2.24, 2.45) is 0 Å². The van der Waals surface area contributed by atoms with E-state index in [9.17, 15) is 4.79 Å². The van der Waals surface area contributed by atoms with E-state index < -0.39 is 5.97 Å². The number of unbranched alkanes of at least 4 members (excludes halogenated alkanes) is 1. The standard InChI is InChI=1S/C12H16O4/c1-3-4-5-6-15-8-10-7-9(2)11(16-10)12(13)14/h3,7H,1,4-6,8H2,2H3,(H,13,14). The minimum atomic E-state index is -1.05. The highest BCUT2D eigenvalue weighted by atomic mass is 16.5. The van der Waals surface area contributed by atoms with Crippen molar-refractivity contribution in [3.63, 3.8) is 0 Å². The fraction of sp³-hybridized carbons (Fsp3) is 0.417. The zero-order valence-electron chi connectivity index (χ0n) is 9.36. The molecule has 0 bridgehead atoms. The van der Waals surface area contributed by atoms with Crippen LogP contribution in [0.3, 0.4) is 0 Å². The Kier molecular flexibility index (Phi) is 4.79. The number of hydrogen-bond acceptors (Lipinski definition) is 3. The predicted octanol–water partition coefficient (Wildman–Crippen LogP) is 2.77. The molecule has 0 saturated carbocycles. The molecule has 1 aromatic heterocycles. The number of ether oxygens (including phenoxy) is 1. The molecule has 0 aliphatic heterocycles. The van der Waals surface area contributed by atoms with Crippen LogP contribution >= 0.6 is 0 Å². The van der Waals surface area contributed by atoms with Crippen LogP contribution in [0.1, 0.15) is 34.7 Å². The molecule has 0 aliphatic rings. The van der Waals surface area contributed by atoms with Gasteiger partial charge in [-0.1, -0.05) is 6.08 Å². The zero-order chi connectivity index (χ0) is 12.0. The summed E-state index contributed by atoms with van der Waals surface area (Å²) in [4.78, 5) is 10.7. The van der Waals surface area contributed by atoms with Crippen molar-refractivity contribution >= 4 is 5.97 Å². The van der Waals surface area contributed by atoms with Crippen LogP contribution in [0.25, 0.3) is 0 Å². The first-order chi connectivity index (χ1) is 7.65. The maximum absolute atomic E-state index is 10.7. The maximum Gasteiger partial charge on any atom is 0.372 e. The first kappa shape index (κ1) is 12.5. The number of aryl methyl sites for hydroxylation is 1. The van der Waals surface area contributed by atoms with Crippen LogP contribution < -0.4 is 0 Å². The van der Waals surface area contributed by atoms with Crippen LogP contribution in [0.5, 0.6) is 0 Å². The number of rotatable bonds is 7. The molecule has 0 aromatic carbocycles. The van der Waals surface area contributed by atoms with Gasteiger partial charge in [-0.2, -0.15) is 0 Å². The summed E-state index contributed by atoms with van der Waals surface area (Å²) in [5.74, 6) is -0.506. The molecule has 1 aromatic rings. The van der Waals surface area contributed by atoms with Crippen molar-refractivity contribution in [3.8, 4) is 0 Å². The molecule has 0 saturated heterocycles. The van der Waals surface area contributed by atoms with Gasteiger partial charge in [0.2, 0.25) is 5.76 Å². The molecule has 16 heavy (non-hydrogen) atoms. The molecule has 0 spiro atoms. The molecule has 1 N–H and O–H groups in total. The van der Waals surface area contributed by atoms with E-state index in [1.165, 1.54) is 0 Å². The molecule has 88 valence electrons. The van der Waals surface area contributed by atoms with Crippen LogP contribution in [0.15, 0.2) is 23.1 Å². The van der Waals surface area contributed by atoms with Crippen molar-refractivity contribution in [1.29, 1.82) is 0 Å². The smallest absolute Gasteiger partial charge is 0.372 e. The molecule has 1 rings (SSSR count). The second-order valence-electron chi connectivity index (χ2n) is 3.51. The fourth-order valence-electron chi connectivity index (χ4n) is 1.33. The summed E-state index contributed by atoms with van der Waals surface area (Å²) in [6.45, 7) is 6.24. The Morgan fingerprint density at radius 2 is 2.44 bits per heavy atom. The highest BCUT2D eigenvalue weighted by Gasteiger charge is 2.13. The van der Waals surface area contributed by atoms with E-state index in [1.54, 1.807) is 13.0 Å². The second kappa shape index (κ2) is 6.12. The van der Waals surface area contributed by atoms with Gasteiger partial charge in [-0.15, -0.1) is 6.58 Å². The first-order valence-electron chi connectivity index (χ1n) is 5.16. The van der Waals surface area contributed by atoms with Gasteiger partial charge in [-0.3, -0.25) is 0 Å². The summed E-state index contributed by atoms with van der Waals surface area (Å²) in [6.07, 6.45) is 3.66. The topological polar surface area (TPSA) is 59.7 Å². The number of carboxylic acids is 1. The second-order valence-corrected chi connectivity index (χ2v) is 3.51. The minimum Gasteiger partial charge on any atom is -0.475 e. The summed E-state index contributed by atoms with van der Waals surface area (Å²) in [5.41, 5.74) is 0.622. The van der Waals surface area contributed by atoms with Crippen LogP contribution in [0, 0.1) is 6.92 Å². The summed E-state index contributed by atoms with van der Waals surface area (Å²) in [6, 6.07) is 1.69. The van der Waals surface area contributed by atoms with Crippen LogP contribution in [0.4, 0.5) is 0 Å². The Morgan fingerprint density at radius 1 is 1.69 bits per heavy atom. The number of aromatic carboxylic acids is 1. The van der Waals surface area contributed by atoms with E-state index >= 15 is 0 Å². The molecule has 0 aliphatic carbocycles. The number of hydrogen-bond donors (Lipinski definition) is 1. The Hall–Kier alpha value is -1.55. The maximum atomic E-state index is 10.7. The molecule has 0 radical (unpaired) electrons. The lowest BCUT2D eigenvalue weighted by Crippen LogP contribution is -1.96. The lowest BCUT2D eigenvalue weighted by Gasteiger charge is -1.99. The molecular formula is C12H16O4. The molecule has 4 nitrogen and oxygen atoms in total. The van der Waals surface area contributed by atoms with E-state index in [2.05, 4.69) is 6.58 Å². The molecule has 0 fully saturated rings. The molecular weight excluding hydrogens is 208 g/mol. The van der Waals surface area contributed by atoms with Crippen molar-refractivity contribution in [3.05, 3.63) is 35.8 Å². The molecule has 0 amide bonds.